The van der Waals surface area contributed by atoms with E-state index in [0.29, 0.717) is 6.04 Å². The third-order valence-electron chi connectivity index (χ3n) is 3.15. The Hall–Kier alpha value is -0.340. The Bertz CT molecular complexity index is 219. The van der Waals surface area contributed by atoms with Gasteiger partial charge < -0.3 is 10.4 Å². The second-order valence-corrected chi connectivity index (χ2v) is 5.11. The molecule has 15 heavy (non-hydrogen) atoms. The number of nitrogens with one attached hydrogen (secondary N) is 1. The lowest BCUT2D eigenvalue weighted by atomic mass is 9.84. The van der Waals surface area contributed by atoms with E-state index in [9.17, 15) is 5.11 Å². The highest BCUT2D eigenvalue weighted by Crippen LogP contribution is 2.29. The molecule has 2 nitrogen and oxygen atoms in total. The molecule has 1 rings (SSSR count). The Morgan fingerprint density at radius 1 is 1.47 bits per heavy atom. The average molecular weight is 211 g/mol. The van der Waals surface area contributed by atoms with Crippen LogP contribution in [0, 0.1) is 0 Å². The molecule has 0 saturated carbocycles. The van der Waals surface area contributed by atoms with Gasteiger partial charge in [0.05, 0.1) is 5.60 Å². The fourth-order valence-electron chi connectivity index (χ4n) is 2.09. The van der Waals surface area contributed by atoms with Crippen LogP contribution in [0.15, 0.2) is 11.6 Å². The molecule has 0 fully saturated rings. The quantitative estimate of drug-likeness (QED) is 0.685. The zero-order valence-corrected chi connectivity index (χ0v) is 10.3. The molecule has 0 aromatic heterocycles. The van der Waals surface area contributed by atoms with Crippen LogP contribution in [0.1, 0.15) is 52.9 Å². The van der Waals surface area contributed by atoms with Crippen molar-refractivity contribution in [2.45, 2.75) is 64.5 Å². The van der Waals surface area contributed by atoms with Gasteiger partial charge in [-0.05, 0) is 51.1 Å². The van der Waals surface area contributed by atoms with Crippen molar-refractivity contribution < 1.29 is 5.11 Å². The van der Waals surface area contributed by atoms with Crippen LogP contribution in [0.2, 0.25) is 0 Å². The highest BCUT2D eigenvalue weighted by molar-refractivity contribution is 5.17. The van der Waals surface area contributed by atoms with Crippen molar-refractivity contribution in [3.8, 4) is 0 Å². The summed E-state index contributed by atoms with van der Waals surface area (Å²) < 4.78 is 0. The standard InChI is InChI=1S/C13H25NO/c1-11(2)14-10-9-13(3,15)12-7-5-4-6-8-12/h7,11,14-15H,4-6,8-10H2,1-3H3. The Balaban J connectivity index is 2.39. The van der Waals surface area contributed by atoms with Gasteiger partial charge >= 0.3 is 0 Å². The maximum atomic E-state index is 10.3. The first-order valence-electron chi connectivity index (χ1n) is 6.17. The molecule has 0 heterocycles. The summed E-state index contributed by atoms with van der Waals surface area (Å²) in [6.45, 7) is 7.11. The van der Waals surface area contributed by atoms with Crippen LogP contribution in [0.25, 0.3) is 0 Å². The number of rotatable bonds is 5. The van der Waals surface area contributed by atoms with E-state index in [0.717, 1.165) is 25.8 Å². The third kappa shape index (κ3) is 4.35. The number of hydrogen-bond acceptors (Lipinski definition) is 2. The molecule has 0 aromatic carbocycles. The maximum absolute atomic E-state index is 10.3. The van der Waals surface area contributed by atoms with Gasteiger partial charge in [0, 0.05) is 6.04 Å². The van der Waals surface area contributed by atoms with Crippen molar-refractivity contribution >= 4 is 0 Å². The van der Waals surface area contributed by atoms with Gasteiger partial charge in [-0.3, -0.25) is 0 Å². The summed E-state index contributed by atoms with van der Waals surface area (Å²) in [7, 11) is 0. The van der Waals surface area contributed by atoms with Crippen molar-refractivity contribution in [1.29, 1.82) is 0 Å². The second kappa shape index (κ2) is 5.66. The largest absolute Gasteiger partial charge is 0.386 e. The van der Waals surface area contributed by atoms with Crippen LogP contribution in [0.4, 0.5) is 0 Å². The van der Waals surface area contributed by atoms with Gasteiger partial charge in [0.25, 0.3) is 0 Å². The monoisotopic (exact) mass is 211 g/mol. The minimum Gasteiger partial charge on any atom is -0.386 e. The van der Waals surface area contributed by atoms with Crippen LogP contribution in [-0.4, -0.2) is 23.3 Å². The predicted octanol–water partition coefficient (Wildman–Crippen LogP) is 2.63. The minimum absolute atomic E-state index is 0.501. The molecule has 1 aliphatic rings. The number of hydrogen-bond donors (Lipinski definition) is 2. The number of allylic oxidation sites excluding steroid dienone is 1. The Kier molecular flexibility index (Phi) is 4.81. The zero-order chi connectivity index (χ0) is 11.3. The van der Waals surface area contributed by atoms with E-state index in [-0.39, 0.29) is 0 Å². The molecule has 1 aliphatic carbocycles. The van der Waals surface area contributed by atoms with Gasteiger partial charge in [-0.1, -0.05) is 19.9 Å². The molecule has 0 radical (unpaired) electrons. The van der Waals surface area contributed by atoms with Crippen molar-refractivity contribution in [2.75, 3.05) is 6.54 Å². The van der Waals surface area contributed by atoms with Crippen LogP contribution in [0.5, 0.6) is 0 Å². The van der Waals surface area contributed by atoms with Gasteiger partial charge in [0.1, 0.15) is 0 Å². The lowest BCUT2D eigenvalue weighted by molar-refractivity contribution is 0.0829. The normalized spacial score (nSPS) is 21.3. The van der Waals surface area contributed by atoms with E-state index >= 15 is 0 Å². The van der Waals surface area contributed by atoms with Gasteiger partial charge in [0.15, 0.2) is 0 Å². The summed E-state index contributed by atoms with van der Waals surface area (Å²) in [5, 5.41) is 13.7. The van der Waals surface area contributed by atoms with Crippen molar-refractivity contribution in [1.82, 2.24) is 5.32 Å². The van der Waals surface area contributed by atoms with Crippen LogP contribution in [0.3, 0.4) is 0 Å². The molecule has 0 saturated heterocycles. The molecule has 0 spiro atoms. The van der Waals surface area contributed by atoms with E-state index in [1.807, 2.05) is 6.92 Å². The summed E-state index contributed by atoms with van der Waals surface area (Å²) in [5.41, 5.74) is 0.654. The van der Waals surface area contributed by atoms with E-state index in [4.69, 9.17) is 0 Å². The summed E-state index contributed by atoms with van der Waals surface area (Å²) in [6.07, 6.45) is 7.79. The zero-order valence-electron chi connectivity index (χ0n) is 10.3. The van der Waals surface area contributed by atoms with Crippen LogP contribution >= 0.6 is 0 Å². The maximum Gasteiger partial charge on any atom is 0.0840 e. The van der Waals surface area contributed by atoms with E-state index in [1.54, 1.807) is 0 Å². The van der Waals surface area contributed by atoms with Crippen molar-refractivity contribution in [3.63, 3.8) is 0 Å². The topological polar surface area (TPSA) is 32.3 Å². The fourth-order valence-corrected chi connectivity index (χ4v) is 2.09. The molecule has 1 atom stereocenters. The SMILES string of the molecule is CC(C)NCCC(C)(O)C1=CCCCC1. The van der Waals surface area contributed by atoms with Crippen molar-refractivity contribution in [2.24, 2.45) is 0 Å². The van der Waals surface area contributed by atoms with Gasteiger partial charge in [0.2, 0.25) is 0 Å². The molecule has 88 valence electrons. The summed E-state index contributed by atoms with van der Waals surface area (Å²) in [5.74, 6) is 0. The molecule has 2 N–H and O–H groups in total. The average Bonchev–Trinajstić information content (AvgIpc) is 2.18. The Morgan fingerprint density at radius 3 is 2.73 bits per heavy atom. The first kappa shape index (κ1) is 12.7. The molecule has 0 aromatic rings. The highest BCUT2D eigenvalue weighted by atomic mass is 16.3. The first-order valence-corrected chi connectivity index (χ1v) is 6.17. The lowest BCUT2D eigenvalue weighted by Crippen LogP contribution is -2.34. The third-order valence-corrected chi connectivity index (χ3v) is 3.15. The molecular formula is C13H25NO. The van der Waals surface area contributed by atoms with Crippen molar-refractivity contribution in [3.05, 3.63) is 11.6 Å². The predicted molar refractivity (Wildman–Crippen MR) is 64.9 cm³/mol. The van der Waals surface area contributed by atoms with Crippen LogP contribution in [-0.2, 0) is 0 Å². The molecule has 2 heteroatoms. The van der Waals surface area contributed by atoms with Crippen LogP contribution < -0.4 is 5.32 Å². The van der Waals surface area contributed by atoms with E-state index in [1.165, 1.54) is 18.4 Å². The lowest BCUT2D eigenvalue weighted by Gasteiger charge is -2.29. The Labute approximate surface area is 93.8 Å². The molecule has 0 bridgehead atoms. The molecule has 1 unspecified atom stereocenters. The van der Waals surface area contributed by atoms with Gasteiger partial charge in [-0.15, -0.1) is 0 Å². The highest BCUT2D eigenvalue weighted by Gasteiger charge is 2.25. The summed E-state index contributed by atoms with van der Waals surface area (Å²) in [6, 6.07) is 0.501. The Morgan fingerprint density at radius 2 is 2.20 bits per heavy atom. The van der Waals surface area contributed by atoms with Gasteiger partial charge in [-0.25, -0.2) is 0 Å². The van der Waals surface area contributed by atoms with E-state index < -0.39 is 5.60 Å². The first-order chi connectivity index (χ1) is 7.02. The summed E-state index contributed by atoms with van der Waals surface area (Å²) >= 11 is 0. The fraction of sp³-hybridized carbons (Fsp3) is 0.846. The second-order valence-electron chi connectivity index (χ2n) is 5.11. The smallest absolute Gasteiger partial charge is 0.0840 e. The number of aliphatic hydroxyl groups is 1. The van der Waals surface area contributed by atoms with Gasteiger partial charge in [-0.2, -0.15) is 0 Å². The molecule has 0 amide bonds. The molecule has 0 aliphatic heterocycles. The summed E-state index contributed by atoms with van der Waals surface area (Å²) in [4.78, 5) is 0. The minimum atomic E-state index is -0.595. The van der Waals surface area contributed by atoms with E-state index in [2.05, 4.69) is 25.2 Å². The molecular weight excluding hydrogens is 186 g/mol.